The normalized spacial score (nSPS) is 21.0. The second-order valence-electron chi connectivity index (χ2n) is 6.46. The van der Waals surface area contributed by atoms with Crippen molar-refractivity contribution in [2.24, 2.45) is 4.99 Å². The lowest BCUT2D eigenvalue weighted by molar-refractivity contribution is -0.184. The molecule has 0 aromatic heterocycles. The Balaban J connectivity index is 2.02. The van der Waals surface area contributed by atoms with Gasteiger partial charge in [-0.1, -0.05) is 48.0 Å². The predicted molar refractivity (Wildman–Crippen MR) is 86.4 cm³/mol. The maximum atomic E-state index is 13.9. The first-order valence-electron chi connectivity index (χ1n) is 7.88. The summed E-state index contributed by atoms with van der Waals surface area (Å²) in [4.78, 5) is 4.04. The lowest BCUT2D eigenvalue weighted by atomic mass is 9.76. The molecule has 0 spiro atoms. The molecule has 138 valence electrons. The fourth-order valence-corrected chi connectivity index (χ4v) is 3.11. The highest BCUT2D eigenvalue weighted by Gasteiger charge is 2.58. The lowest BCUT2D eigenvalue weighted by Gasteiger charge is -2.32. The average Bonchev–Trinajstić information content (AvgIpc) is 3.01. The molecule has 1 atom stereocenters. The van der Waals surface area contributed by atoms with E-state index in [9.17, 15) is 26.3 Å². The van der Waals surface area contributed by atoms with Gasteiger partial charge in [0.25, 0.3) is 0 Å². The van der Waals surface area contributed by atoms with Crippen LogP contribution in [0.15, 0.2) is 53.5 Å². The van der Waals surface area contributed by atoms with Crippen molar-refractivity contribution in [3.63, 3.8) is 0 Å². The Hall–Kier alpha value is -2.31. The van der Waals surface area contributed by atoms with E-state index in [2.05, 4.69) is 4.99 Å². The molecule has 0 radical (unpaired) electrons. The summed E-state index contributed by atoms with van der Waals surface area (Å²) in [6.45, 7) is 1.23. The van der Waals surface area contributed by atoms with E-state index in [-0.39, 0.29) is 5.71 Å². The first-order chi connectivity index (χ1) is 12.0. The van der Waals surface area contributed by atoms with Crippen molar-refractivity contribution in [1.82, 2.24) is 0 Å². The number of aryl methyl sites for hydroxylation is 1. The van der Waals surface area contributed by atoms with E-state index in [1.807, 2.05) is 6.92 Å². The van der Waals surface area contributed by atoms with E-state index in [1.54, 1.807) is 24.3 Å². The van der Waals surface area contributed by atoms with Crippen LogP contribution in [-0.4, -0.2) is 18.4 Å². The molecule has 0 saturated heterocycles. The third-order valence-electron chi connectivity index (χ3n) is 4.68. The van der Waals surface area contributed by atoms with E-state index >= 15 is 0 Å². The Kier molecular flexibility index (Phi) is 4.37. The van der Waals surface area contributed by atoms with Crippen molar-refractivity contribution in [3.05, 3.63) is 70.8 Å². The topological polar surface area (TPSA) is 12.4 Å². The summed E-state index contributed by atoms with van der Waals surface area (Å²) in [7, 11) is 0. The molecule has 7 heteroatoms. The highest BCUT2D eigenvalue weighted by molar-refractivity contribution is 6.03. The fourth-order valence-electron chi connectivity index (χ4n) is 3.11. The summed E-state index contributed by atoms with van der Waals surface area (Å²) < 4.78 is 80.6. The smallest absolute Gasteiger partial charge is 0.288 e. The number of benzene rings is 2. The summed E-state index contributed by atoms with van der Waals surface area (Å²) in [5.41, 5.74) is -2.21. The van der Waals surface area contributed by atoms with Gasteiger partial charge >= 0.3 is 12.4 Å². The van der Waals surface area contributed by atoms with Crippen molar-refractivity contribution in [2.45, 2.75) is 31.1 Å². The number of alkyl halides is 6. The minimum absolute atomic E-state index is 0.250. The second-order valence-corrected chi connectivity index (χ2v) is 6.46. The van der Waals surface area contributed by atoms with Crippen LogP contribution < -0.4 is 0 Å². The molecular formula is C19H15F6N. The molecule has 0 saturated carbocycles. The molecule has 0 aliphatic carbocycles. The van der Waals surface area contributed by atoms with E-state index in [0.29, 0.717) is 11.6 Å². The molecular weight excluding hydrogens is 356 g/mol. The third kappa shape index (κ3) is 3.22. The van der Waals surface area contributed by atoms with Crippen LogP contribution in [0.3, 0.4) is 0 Å². The van der Waals surface area contributed by atoms with Crippen LogP contribution in [0.25, 0.3) is 0 Å². The molecule has 26 heavy (non-hydrogen) atoms. The summed E-state index contributed by atoms with van der Waals surface area (Å²) in [5.74, 6) is 0. The van der Waals surface area contributed by atoms with Gasteiger partial charge < -0.3 is 0 Å². The molecule has 0 bridgehead atoms. The largest absolute Gasteiger partial charge is 0.416 e. The molecule has 1 heterocycles. The first-order valence-corrected chi connectivity index (χ1v) is 7.88. The van der Waals surface area contributed by atoms with Gasteiger partial charge in [-0.2, -0.15) is 26.3 Å². The molecule has 1 nitrogen and oxygen atoms in total. The van der Waals surface area contributed by atoms with Gasteiger partial charge in [0.1, 0.15) is 5.41 Å². The standard InChI is InChI=1S/C19H15F6N/c1-12-5-7-13(8-6-12)16-10-17(11-26-16,19(23,24)25)14-3-2-4-15(9-14)18(20,21)22/h2-9H,10-11H2,1H3. The van der Waals surface area contributed by atoms with E-state index in [4.69, 9.17) is 0 Å². The molecule has 1 unspecified atom stereocenters. The van der Waals surface area contributed by atoms with E-state index < -0.39 is 41.9 Å². The summed E-state index contributed by atoms with van der Waals surface area (Å²) in [6, 6.07) is 10.3. The zero-order valence-corrected chi connectivity index (χ0v) is 13.7. The Morgan fingerprint density at radius 1 is 0.923 bits per heavy atom. The lowest BCUT2D eigenvalue weighted by Crippen LogP contribution is -2.44. The van der Waals surface area contributed by atoms with Crippen LogP contribution in [-0.2, 0) is 11.6 Å². The second kappa shape index (κ2) is 6.14. The van der Waals surface area contributed by atoms with Gasteiger partial charge in [0.2, 0.25) is 0 Å². The Morgan fingerprint density at radius 2 is 1.58 bits per heavy atom. The maximum Gasteiger partial charge on any atom is 0.416 e. The van der Waals surface area contributed by atoms with Crippen molar-refractivity contribution in [1.29, 1.82) is 0 Å². The zero-order valence-electron chi connectivity index (χ0n) is 13.7. The maximum absolute atomic E-state index is 13.9. The van der Waals surface area contributed by atoms with Crippen LogP contribution in [0, 0.1) is 6.92 Å². The molecule has 0 N–H and O–H groups in total. The number of halogens is 6. The van der Waals surface area contributed by atoms with Crippen molar-refractivity contribution in [2.75, 3.05) is 6.54 Å². The van der Waals surface area contributed by atoms with Crippen molar-refractivity contribution >= 4 is 5.71 Å². The van der Waals surface area contributed by atoms with Crippen LogP contribution in [0.4, 0.5) is 26.3 Å². The summed E-state index contributed by atoms with van der Waals surface area (Å²) in [5, 5.41) is 0. The molecule has 1 aliphatic rings. The number of aliphatic imine (C=N–C) groups is 1. The highest BCUT2D eigenvalue weighted by Crippen LogP contribution is 2.48. The van der Waals surface area contributed by atoms with Gasteiger partial charge in [-0.3, -0.25) is 4.99 Å². The third-order valence-corrected chi connectivity index (χ3v) is 4.68. The van der Waals surface area contributed by atoms with Gasteiger partial charge in [-0.25, -0.2) is 0 Å². The molecule has 1 aliphatic heterocycles. The number of hydrogen-bond acceptors (Lipinski definition) is 1. The first kappa shape index (κ1) is 18.5. The summed E-state index contributed by atoms with van der Waals surface area (Å²) >= 11 is 0. The SMILES string of the molecule is Cc1ccc(C2=NCC(c3cccc(C(F)(F)F)c3)(C(F)(F)F)C2)cc1. The van der Waals surface area contributed by atoms with Crippen LogP contribution in [0.1, 0.15) is 28.7 Å². The fraction of sp³-hybridized carbons (Fsp3) is 0.316. The van der Waals surface area contributed by atoms with E-state index in [0.717, 1.165) is 23.8 Å². The molecule has 0 amide bonds. The van der Waals surface area contributed by atoms with Gasteiger partial charge in [0, 0.05) is 12.1 Å². The Morgan fingerprint density at radius 3 is 2.15 bits per heavy atom. The van der Waals surface area contributed by atoms with Gasteiger partial charge in [-0.15, -0.1) is 0 Å². The Bertz CT molecular complexity index is 832. The number of hydrogen-bond donors (Lipinski definition) is 0. The van der Waals surface area contributed by atoms with Gasteiger partial charge in [-0.05, 0) is 24.1 Å². The average molecular weight is 371 g/mol. The predicted octanol–water partition coefficient (Wildman–Crippen LogP) is 5.71. The monoisotopic (exact) mass is 371 g/mol. The minimum atomic E-state index is -4.73. The van der Waals surface area contributed by atoms with Crippen LogP contribution in [0.2, 0.25) is 0 Å². The molecule has 3 rings (SSSR count). The molecule has 2 aromatic rings. The Labute approximate surface area is 146 Å². The van der Waals surface area contributed by atoms with Crippen molar-refractivity contribution < 1.29 is 26.3 Å². The van der Waals surface area contributed by atoms with Crippen LogP contribution in [0.5, 0.6) is 0 Å². The van der Waals surface area contributed by atoms with Gasteiger partial charge in [0.15, 0.2) is 0 Å². The highest BCUT2D eigenvalue weighted by atomic mass is 19.4. The van der Waals surface area contributed by atoms with Gasteiger partial charge in [0.05, 0.1) is 12.1 Å². The number of nitrogens with zero attached hydrogens (tertiary/aromatic N) is 1. The quantitative estimate of drug-likeness (QED) is 0.600. The zero-order chi connectivity index (χ0) is 19.2. The van der Waals surface area contributed by atoms with Crippen LogP contribution >= 0.6 is 0 Å². The van der Waals surface area contributed by atoms with E-state index in [1.165, 1.54) is 0 Å². The summed E-state index contributed by atoms with van der Waals surface area (Å²) in [6.07, 6.45) is -9.92. The molecule has 0 fully saturated rings. The minimum Gasteiger partial charge on any atom is -0.288 e. The number of rotatable bonds is 2. The van der Waals surface area contributed by atoms with Crippen molar-refractivity contribution in [3.8, 4) is 0 Å². The molecule has 2 aromatic carbocycles.